The Morgan fingerprint density at radius 2 is 1.83 bits per heavy atom. The molecule has 0 aliphatic carbocycles. The number of halogens is 1. The van der Waals surface area contributed by atoms with Crippen LogP contribution in [0.4, 0.5) is 0 Å². The minimum atomic E-state index is -0.114. The summed E-state index contributed by atoms with van der Waals surface area (Å²) >= 11 is 3.43. The number of ether oxygens (including phenoxy) is 2. The zero-order chi connectivity index (χ0) is 16.2. The van der Waals surface area contributed by atoms with E-state index in [9.17, 15) is 4.79 Å². The SMILES string of the molecule is CCC(NC(=O)c1ccc2c(c1)OCCO2)c1ccc(Br)cc1. The van der Waals surface area contributed by atoms with Crippen LogP contribution in [0.5, 0.6) is 11.5 Å². The van der Waals surface area contributed by atoms with Gasteiger partial charge in [-0.1, -0.05) is 35.0 Å². The van der Waals surface area contributed by atoms with E-state index >= 15 is 0 Å². The molecule has 2 aromatic rings. The second-order valence-corrected chi connectivity index (χ2v) is 6.26. The summed E-state index contributed by atoms with van der Waals surface area (Å²) in [7, 11) is 0. The first-order chi connectivity index (χ1) is 11.2. The van der Waals surface area contributed by atoms with Crippen molar-refractivity contribution in [3.05, 3.63) is 58.1 Å². The Hall–Kier alpha value is -2.01. The van der Waals surface area contributed by atoms with Crippen molar-refractivity contribution in [2.45, 2.75) is 19.4 Å². The van der Waals surface area contributed by atoms with E-state index in [-0.39, 0.29) is 11.9 Å². The Balaban J connectivity index is 1.75. The zero-order valence-electron chi connectivity index (χ0n) is 12.8. The van der Waals surface area contributed by atoms with Crippen LogP contribution in [0.3, 0.4) is 0 Å². The molecule has 0 aromatic heterocycles. The van der Waals surface area contributed by atoms with E-state index in [1.165, 1.54) is 0 Å². The van der Waals surface area contributed by atoms with E-state index < -0.39 is 0 Å². The van der Waals surface area contributed by atoms with Gasteiger partial charge in [-0.15, -0.1) is 0 Å². The van der Waals surface area contributed by atoms with Crippen LogP contribution in [0.15, 0.2) is 46.9 Å². The van der Waals surface area contributed by atoms with Crippen LogP contribution >= 0.6 is 15.9 Å². The van der Waals surface area contributed by atoms with Crippen LogP contribution in [0, 0.1) is 0 Å². The molecule has 0 saturated carbocycles. The molecule has 120 valence electrons. The molecule has 5 heteroatoms. The van der Waals surface area contributed by atoms with Crippen LogP contribution in [0.25, 0.3) is 0 Å². The fraction of sp³-hybridized carbons (Fsp3) is 0.278. The van der Waals surface area contributed by atoms with Crippen molar-refractivity contribution in [2.24, 2.45) is 0 Å². The zero-order valence-corrected chi connectivity index (χ0v) is 14.4. The maximum absolute atomic E-state index is 12.5. The van der Waals surface area contributed by atoms with Crippen LogP contribution < -0.4 is 14.8 Å². The van der Waals surface area contributed by atoms with Gasteiger partial charge >= 0.3 is 0 Å². The monoisotopic (exact) mass is 375 g/mol. The summed E-state index contributed by atoms with van der Waals surface area (Å²) < 4.78 is 12.0. The highest BCUT2D eigenvalue weighted by Crippen LogP contribution is 2.31. The van der Waals surface area contributed by atoms with E-state index in [2.05, 4.69) is 28.2 Å². The highest BCUT2D eigenvalue weighted by atomic mass is 79.9. The Labute approximate surface area is 143 Å². The Bertz CT molecular complexity index is 700. The second kappa shape index (κ2) is 7.04. The minimum absolute atomic E-state index is 0.0243. The van der Waals surface area contributed by atoms with E-state index in [4.69, 9.17) is 9.47 Å². The third kappa shape index (κ3) is 3.67. The van der Waals surface area contributed by atoms with Crippen molar-refractivity contribution in [3.8, 4) is 11.5 Å². The fourth-order valence-electron chi connectivity index (χ4n) is 2.54. The van der Waals surface area contributed by atoms with Crippen molar-refractivity contribution in [2.75, 3.05) is 13.2 Å². The van der Waals surface area contributed by atoms with E-state index in [0.717, 1.165) is 16.5 Å². The third-order valence-electron chi connectivity index (χ3n) is 3.79. The molecular weight excluding hydrogens is 358 g/mol. The van der Waals surface area contributed by atoms with Gasteiger partial charge in [0.25, 0.3) is 5.91 Å². The Kier molecular flexibility index (Phi) is 4.86. The molecule has 4 nitrogen and oxygen atoms in total. The number of fused-ring (bicyclic) bond motifs is 1. The maximum atomic E-state index is 12.5. The standard InChI is InChI=1S/C18H18BrNO3/c1-2-15(12-3-6-14(19)7-4-12)20-18(21)13-5-8-16-17(11-13)23-10-9-22-16/h3-8,11,15H,2,9-10H2,1H3,(H,20,21). The quantitative estimate of drug-likeness (QED) is 0.874. The van der Waals surface area contributed by atoms with Crippen molar-refractivity contribution in [1.29, 1.82) is 0 Å². The van der Waals surface area contributed by atoms with Crippen LogP contribution in [-0.2, 0) is 0 Å². The van der Waals surface area contributed by atoms with Crippen LogP contribution in [0.2, 0.25) is 0 Å². The second-order valence-electron chi connectivity index (χ2n) is 5.34. The van der Waals surface area contributed by atoms with Gasteiger partial charge in [-0.05, 0) is 42.3 Å². The van der Waals surface area contributed by atoms with Gasteiger partial charge in [0.15, 0.2) is 11.5 Å². The maximum Gasteiger partial charge on any atom is 0.251 e. The van der Waals surface area contributed by atoms with E-state index in [0.29, 0.717) is 30.3 Å². The van der Waals surface area contributed by atoms with Crippen LogP contribution in [0.1, 0.15) is 35.3 Å². The molecule has 1 heterocycles. The summed E-state index contributed by atoms with van der Waals surface area (Å²) in [5, 5.41) is 3.07. The van der Waals surface area contributed by atoms with Gasteiger partial charge in [-0.25, -0.2) is 0 Å². The van der Waals surface area contributed by atoms with Gasteiger partial charge in [-0.3, -0.25) is 4.79 Å². The van der Waals surface area contributed by atoms with Crippen LogP contribution in [-0.4, -0.2) is 19.1 Å². The summed E-state index contributed by atoms with van der Waals surface area (Å²) in [6, 6.07) is 13.2. The van der Waals surface area contributed by atoms with E-state index in [1.807, 2.05) is 24.3 Å². The first-order valence-electron chi connectivity index (χ1n) is 7.63. The molecule has 23 heavy (non-hydrogen) atoms. The van der Waals surface area contributed by atoms with Crippen molar-refractivity contribution >= 4 is 21.8 Å². The molecule has 3 rings (SSSR count). The molecule has 1 amide bonds. The van der Waals surface area contributed by atoms with Gasteiger partial charge in [0, 0.05) is 10.0 Å². The molecule has 0 spiro atoms. The van der Waals surface area contributed by atoms with E-state index in [1.54, 1.807) is 18.2 Å². The average molecular weight is 376 g/mol. The van der Waals surface area contributed by atoms with Crippen molar-refractivity contribution in [3.63, 3.8) is 0 Å². The number of amides is 1. The number of rotatable bonds is 4. The predicted molar refractivity (Wildman–Crippen MR) is 92.1 cm³/mol. The number of carbonyl (C=O) groups excluding carboxylic acids is 1. The molecule has 1 N–H and O–H groups in total. The topological polar surface area (TPSA) is 47.6 Å². The lowest BCUT2D eigenvalue weighted by Gasteiger charge is -2.20. The molecular formula is C18H18BrNO3. The first-order valence-corrected chi connectivity index (χ1v) is 8.42. The molecule has 1 aliphatic heterocycles. The lowest BCUT2D eigenvalue weighted by atomic mass is 10.0. The minimum Gasteiger partial charge on any atom is -0.486 e. The molecule has 2 aromatic carbocycles. The lowest BCUT2D eigenvalue weighted by molar-refractivity contribution is 0.0934. The summed E-state index contributed by atoms with van der Waals surface area (Å²) in [4.78, 5) is 12.5. The first kappa shape index (κ1) is 15.9. The molecule has 0 saturated heterocycles. The molecule has 0 bridgehead atoms. The molecule has 1 unspecified atom stereocenters. The van der Waals surface area contributed by atoms with Gasteiger partial charge in [0.1, 0.15) is 13.2 Å². The summed E-state index contributed by atoms with van der Waals surface area (Å²) in [6.45, 7) is 3.10. The number of benzene rings is 2. The molecule has 1 atom stereocenters. The summed E-state index contributed by atoms with van der Waals surface area (Å²) in [5.74, 6) is 1.20. The summed E-state index contributed by atoms with van der Waals surface area (Å²) in [6.07, 6.45) is 0.817. The smallest absolute Gasteiger partial charge is 0.251 e. The Morgan fingerprint density at radius 3 is 2.52 bits per heavy atom. The number of carbonyl (C=O) groups is 1. The van der Waals surface area contributed by atoms with Crippen molar-refractivity contribution < 1.29 is 14.3 Å². The normalized spacial score (nSPS) is 14.2. The average Bonchev–Trinajstić information content (AvgIpc) is 2.60. The molecule has 1 aliphatic rings. The fourth-order valence-corrected chi connectivity index (χ4v) is 2.81. The number of hydrogen-bond acceptors (Lipinski definition) is 3. The molecule has 0 radical (unpaired) electrons. The summed E-state index contributed by atoms with van der Waals surface area (Å²) in [5.41, 5.74) is 1.66. The Morgan fingerprint density at radius 1 is 1.13 bits per heavy atom. The predicted octanol–water partition coefficient (Wildman–Crippen LogP) is 4.10. The van der Waals surface area contributed by atoms with Gasteiger partial charge < -0.3 is 14.8 Å². The van der Waals surface area contributed by atoms with Gasteiger partial charge in [0.05, 0.1) is 6.04 Å². The molecule has 0 fully saturated rings. The lowest BCUT2D eigenvalue weighted by Crippen LogP contribution is -2.28. The number of nitrogens with one attached hydrogen (secondary N) is 1. The third-order valence-corrected chi connectivity index (χ3v) is 4.32. The van der Waals surface area contributed by atoms with Crippen molar-refractivity contribution in [1.82, 2.24) is 5.32 Å². The van der Waals surface area contributed by atoms with Gasteiger partial charge in [0.2, 0.25) is 0 Å². The number of hydrogen-bond donors (Lipinski definition) is 1. The highest BCUT2D eigenvalue weighted by molar-refractivity contribution is 9.10. The highest BCUT2D eigenvalue weighted by Gasteiger charge is 2.17. The van der Waals surface area contributed by atoms with Gasteiger partial charge in [-0.2, -0.15) is 0 Å². The largest absolute Gasteiger partial charge is 0.486 e.